The molecule has 0 aliphatic heterocycles. The number of thiophene rings is 1. The third-order valence-electron chi connectivity index (χ3n) is 5.55. The maximum Gasteiger partial charge on any atom is 0.157 e. The quantitative estimate of drug-likeness (QED) is 0.390. The van der Waals surface area contributed by atoms with Gasteiger partial charge in [-0.2, -0.15) is 0 Å². The highest BCUT2D eigenvalue weighted by molar-refractivity contribution is 7.14. The van der Waals surface area contributed by atoms with Gasteiger partial charge in [-0.25, -0.2) is 4.68 Å². The molecule has 0 aliphatic rings. The number of furan rings is 1. The Bertz CT molecular complexity index is 1070. The molecule has 7 nitrogen and oxygen atoms in total. The molecule has 0 spiro atoms. The number of rotatable bonds is 9. The van der Waals surface area contributed by atoms with Gasteiger partial charge in [0.15, 0.2) is 5.82 Å². The van der Waals surface area contributed by atoms with E-state index in [9.17, 15) is 0 Å². The fourth-order valence-electron chi connectivity index (χ4n) is 4.15. The molecule has 3 heterocycles. The van der Waals surface area contributed by atoms with Gasteiger partial charge in [-0.15, -0.1) is 16.4 Å². The van der Waals surface area contributed by atoms with E-state index in [0.717, 1.165) is 27.9 Å². The predicted octanol–water partition coefficient (Wildman–Crippen LogP) is 5.15. The lowest BCUT2D eigenvalue weighted by Gasteiger charge is -2.38. The van der Waals surface area contributed by atoms with Gasteiger partial charge in [0.2, 0.25) is 0 Å². The third kappa shape index (κ3) is 4.34. The van der Waals surface area contributed by atoms with E-state index in [-0.39, 0.29) is 11.8 Å². The van der Waals surface area contributed by atoms with Gasteiger partial charge in [-0.05, 0) is 70.6 Å². The largest absolute Gasteiger partial charge is 0.497 e. The molecule has 162 valence electrons. The highest BCUT2D eigenvalue weighted by Crippen LogP contribution is 2.44. The van der Waals surface area contributed by atoms with Crippen molar-refractivity contribution in [1.29, 1.82) is 0 Å². The van der Waals surface area contributed by atoms with Crippen LogP contribution in [0.15, 0.2) is 64.6 Å². The van der Waals surface area contributed by atoms with Crippen molar-refractivity contribution in [3.05, 3.63) is 77.3 Å². The Hall–Kier alpha value is -3.13. The van der Waals surface area contributed by atoms with Crippen molar-refractivity contribution in [3.63, 3.8) is 0 Å². The molecule has 0 radical (unpaired) electrons. The monoisotopic (exact) mass is 437 g/mol. The normalized spacial score (nSPS) is 14.4. The number of nitrogens with one attached hydrogen (secondary N) is 1. The first-order valence-corrected chi connectivity index (χ1v) is 11.1. The van der Waals surface area contributed by atoms with Gasteiger partial charge in [-0.1, -0.05) is 26.0 Å². The van der Waals surface area contributed by atoms with Crippen molar-refractivity contribution in [3.8, 4) is 5.75 Å². The second-order valence-electron chi connectivity index (χ2n) is 8.05. The molecule has 0 fully saturated rings. The molecular formula is C23H27N5O2S. The first-order chi connectivity index (χ1) is 15.0. The number of hydrogen-bond acceptors (Lipinski definition) is 7. The van der Waals surface area contributed by atoms with Crippen molar-refractivity contribution < 1.29 is 9.15 Å². The van der Waals surface area contributed by atoms with Crippen LogP contribution in [-0.2, 0) is 12.1 Å². The van der Waals surface area contributed by atoms with Crippen molar-refractivity contribution in [2.75, 3.05) is 12.4 Å². The highest BCUT2D eigenvalue weighted by atomic mass is 32.1. The summed E-state index contributed by atoms with van der Waals surface area (Å²) in [5.41, 5.74) is 0.553. The van der Waals surface area contributed by atoms with Crippen LogP contribution >= 0.6 is 11.3 Å². The SMILES string of the molecule is COc1ccc(Cn2nnnc2C(C(C)C)C(C)(Nc2cccs2)c2ccco2)cc1. The van der Waals surface area contributed by atoms with Gasteiger partial charge in [0.25, 0.3) is 0 Å². The van der Waals surface area contributed by atoms with E-state index >= 15 is 0 Å². The van der Waals surface area contributed by atoms with E-state index in [0.29, 0.717) is 6.54 Å². The van der Waals surface area contributed by atoms with Gasteiger partial charge in [0.1, 0.15) is 17.0 Å². The molecule has 1 N–H and O–H groups in total. The number of anilines is 1. The van der Waals surface area contributed by atoms with Crippen molar-refractivity contribution >= 4 is 16.3 Å². The zero-order valence-electron chi connectivity index (χ0n) is 18.1. The molecule has 31 heavy (non-hydrogen) atoms. The average molecular weight is 438 g/mol. The average Bonchev–Trinajstić information content (AvgIpc) is 3.52. The molecule has 1 aromatic carbocycles. The molecule has 0 saturated heterocycles. The lowest BCUT2D eigenvalue weighted by molar-refractivity contribution is 0.270. The van der Waals surface area contributed by atoms with Gasteiger partial charge in [0.05, 0.1) is 30.8 Å². The lowest BCUT2D eigenvalue weighted by atomic mass is 9.75. The molecule has 0 aliphatic carbocycles. The summed E-state index contributed by atoms with van der Waals surface area (Å²) < 4.78 is 13.1. The number of nitrogens with zero attached hydrogens (tertiary/aromatic N) is 4. The topological polar surface area (TPSA) is 78.0 Å². The number of tetrazole rings is 1. The summed E-state index contributed by atoms with van der Waals surface area (Å²) in [6.07, 6.45) is 1.71. The summed E-state index contributed by atoms with van der Waals surface area (Å²) in [6, 6.07) is 16.0. The number of ether oxygens (including phenoxy) is 1. The standard InChI is InChI=1S/C23H27N5O2S/c1-16(2)21(23(3,19-7-5-13-30-19)24-20-8-6-14-31-20)22-25-26-27-28(22)15-17-9-11-18(29-4)12-10-17/h5-14,16,21,24H,15H2,1-4H3. The van der Waals surface area contributed by atoms with Crippen LogP contribution in [0.25, 0.3) is 0 Å². The Labute approximate surface area is 186 Å². The van der Waals surface area contributed by atoms with Crippen LogP contribution in [0.1, 0.15) is 43.8 Å². The summed E-state index contributed by atoms with van der Waals surface area (Å²) in [4.78, 5) is 0. The molecule has 4 rings (SSSR count). The molecule has 0 bridgehead atoms. The minimum Gasteiger partial charge on any atom is -0.497 e. The molecule has 0 amide bonds. The Balaban J connectivity index is 1.73. The Kier molecular flexibility index (Phi) is 6.08. The van der Waals surface area contributed by atoms with E-state index in [4.69, 9.17) is 9.15 Å². The Morgan fingerprint density at radius 3 is 2.58 bits per heavy atom. The van der Waals surface area contributed by atoms with E-state index in [1.54, 1.807) is 24.7 Å². The molecule has 0 saturated carbocycles. The van der Waals surface area contributed by atoms with Crippen LogP contribution in [-0.4, -0.2) is 27.3 Å². The van der Waals surface area contributed by atoms with E-state index < -0.39 is 5.54 Å². The molecule has 8 heteroatoms. The van der Waals surface area contributed by atoms with Gasteiger partial charge < -0.3 is 14.5 Å². The van der Waals surface area contributed by atoms with Crippen LogP contribution in [0.5, 0.6) is 5.75 Å². The smallest absolute Gasteiger partial charge is 0.157 e. The van der Waals surface area contributed by atoms with Gasteiger partial charge >= 0.3 is 0 Å². The van der Waals surface area contributed by atoms with Crippen LogP contribution in [0, 0.1) is 5.92 Å². The number of methoxy groups -OCH3 is 1. The fraction of sp³-hybridized carbons (Fsp3) is 0.348. The highest BCUT2D eigenvalue weighted by Gasteiger charge is 2.44. The zero-order chi connectivity index (χ0) is 21.8. The maximum atomic E-state index is 5.91. The minimum atomic E-state index is -0.547. The second-order valence-corrected chi connectivity index (χ2v) is 8.99. The fourth-order valence-corrected chi connectivity index (χ4v) is 4.88. The maximum absolute atomic E-state index is 5.91. The zero-order valence-corrected chi connectivity index (χ0v) is 19.0. The van der Waals surface area contributed by atoms with Gasteiger partial charge in [-0.3, -0.25) is 0 Å². The van der Waals surface area contributed by atoms with Crippen LogP contribution < -0.4 is 10.1 Å². The molecular weight excluding hydrogens is 410 g/mol. The second kappa shape index (κ2) is 8.93. The van der Waals surface area contributed by atoms with Crippen LogP contribution in [0.3, 0.4) is 0 Å². The number of benzene rings is 1. The van der Waals surface area contributed by atoms with E-state index in [2.05, 4.69) is 53.1 Å². The number of hydrogen-bond donors (Lipinski definition) is 1. The summed E-state index contributed by atoms with van der Waals surface area (Å²) in [7, 11) is 1.66. The molecule has 2 atom stereocenters. The first-order valence-electron chi connectivity index (χ1n) is 10.3. The Morgan fingerprint density at radius 2 is 1.97 bits per heavy atom. The van der Waals surface area contributed by atoms with Crippen molar-refractivity contribution in [1.82, 2.24) is 20.2 Å². The van der Waals surface area contributed by atoms with Crippen molar-refractivity contribution in [2.45, 2.75) is 38.8 Å². The van der Waals surface area contributed by atoms with E-state index in [1.165, 1.54) is 0 Å². The van der Waals surface area contributed by atoms with Gasteiger partial charge in [0, 0.05) is 0 Å². The van der Waals surface area contributed by atoms with Crippen LogP contribution in [0.4, 0.5) is 5.00 Å². The van der Waals surface area contributed by atoms with E-state index in [1.807, 2.05) is 47.1 Å². The summed E-state index contributed by atoms with van der Waals surface area (Å²) >= 11 is 1.66. The predicted molar refractivity (Wildman–Crippen MR) is 121 cm³/mol. The summed E-state index contributed by atoms with van der Waals surface area (Å²) in [5.74, 6) is 2.68. The molecule has 4 aromatic rings. The third-order valence-corrected chi connectivity index (χ3v) is 6.34. The lowest BCUT2D eigenvalue weighted by Crippen LogP contribution is -2.42. The summed E-state index contributed by atoms with van der Waals surface area (Å²) in [6.45, 7) is 7.11. The first kappa shape index (κ1) is 21.1. The molecule has 2 unspecified atom stereocenters. The summed E-state index contributed by atoms with van der Waals surface area (Å²) in [5, 5.41) is 19.7. The Morgan fingerprint density at radius 1 is 1.16 bits per heavy atom. The van der Waals surface area contributed by atoms with Crippen molar-refractivity contribution in [2.24, 2.45) is 5.92 Å². The van der Waals surface area contributed by atoms with Crippen LogP contribution in [0.2, 0.25) is 0 Å². The molecule has 3 aromatic heterocycles. The number of aromatic nitrogens is 4. The minimum absolute atomic E-state index is 0.0472.